The number of carbonyl (C=O) groups is 1. The fourth-order valence-electron chi connectivity index (χ4n) is 5.64. The van der Waals surface area contributed by atoms with Gasteiger partial charge in [0.05, 0.1) is 17.3 Å². The molecule has 1 unspecified atom stereocenters. The summed E-state index contributed by atoms with van der Waals surface area (Å²) in [5.41, 5.74) is 16.6. The number of rotatable bonds is 3. The maximum Gasteiger partial charge on any atom is 0.248 e. The Bertz CT molecular complexity index is 1240. The van der Waals surface area contributed by atoms with Gasteiger partial charge in [-0.15, -0.1) is 0 Å². The molecule has 1 aliphatic carbocycles. The Labute approximate surface area is 181 Å². The lowest BCUT2D eigenvalue weighted by Crippen LogP contribution is -2.50. The number of primary amides is 1. The molecule has 1 amide bonds. The minimum absolute atomic E-state index is 0.0288. The number of hydrogen-bond acceptors (Lipinski definition) is 5. The second kappa shape index (κ2) is 6.89. The number of aromatic nitrogens is 2. The molecule has 3 aliphatic heterocycles. The van der Waals surface area contributed by atoms with Gasteiger partial charge in [-0.25, -0.2) is 5.43 Å². The second-order valence-electron chi connectivity index (χ2n) is 8.90. The fraction of sp³-hybridized carbons (Fsp3) is 0.320. The summed E-state index contributed by atoms with van der Waals surface area (Å²) in [6.07, 6.45) is 6.77. The van der Waals surface area contributed by atoms with Crippen molar-refractivity contribution in [2.24, 2.45) is 11.7 Å². The van der Waals surface area contributed by atoms with E-state index >= 15 is 0 Å². The quantitative estimate of drug-likeness (QED) is 0.683. The third-order valence-electron chi connectivity index (χ3n) is 7.06. The number of hydrogen-bond donors (Lipinski definition) is 2. The zero-order valence-electron chi connectivity index (χ0n) is 17.5. The topological polar surface area (TPSA) is 84.1 Å². The van der Waals surface area contributed by atoms with Crippen molar-refractivity contribution in [2.45, 2.75) is 44.7 Å². The number of piperidine rings is 2. The normalized spacial score (nSPS) is 24.7. The summed E-state index contributed by atoms with van der Waals surface area (Å²) in [5, 5.41) is 3.38. The fourth-order valence-corrected chi connectivity index (χ4v) is 5.64. The van der Waals surface area contributed by atoms with Crippen LogP contribution in [0.3, 0.4) is 0 Å². The molecule has 0 radical (unpaired) electrons. The molecule has 7 rings (SSSR count). The van der Waals surface area contributed by atoms with Crippen LogP contribution in [-0.4, -0.2) is 26.9 Å². The number of hydrazine groups is 1. The molecule has 1 atom stereocenters. The van der Waals surface area contributed by atoms with Gasteiger partial charge in [0.1, 0.15) is 0 Å². The summed E-state index contributed by atoms with van der Waals surface area (Å²) in [6, 6.07) is 14.3. The van der Waals surface area contributed by atoms with Crippen LogP contribution in [0, 0.1) is 12.8 Å². The Morgan fingerprint density at radius 2 is 1.97 bits per heavy atom. The first-order valence-electron chi connectivity index (χ1n) is 11.0. The lowest BCUT2D eigenvalue weighted by molar-refractivity contribution is 0.0656. The minimum Gasteiger partial charge on any atom is -0.366 e. The predicted molar refractivity (Wildman–Crippen MR) is 120 cm³/mol. The average Bonchev–Trinajstić information content (AvgIpc) is 3.22. The van der Waals surface area contributed by atoms with E-state index in [4.69, 9.17) is 10.7 Å². The van der Waals surface area contributed by atoms with E-state index in [9.17, 15) is 4.79 Å². The molecule has 1 saturated carbocycles. The minimum atomic E-state index is -0.422. The van der Waals surface area contributed by atoms with E-state index in [0.29, 0.717) is 17.5 Å². The van der Waals surface area contributed by atoms with Gasteiger partial charge in [0.25, 0.3) is 0 Å². The second-order valence-corrected chi connectivity index (χ2v) is 8.90. The van der Waals surface area contributed by atoms with Crippen LogP contribution in [0.2, 0.25) is 0 Å². The molecule has 5 heterocycles. The molecular formula is C25H25N5O. The number of pyridine rings is 2. The Morgan fingerprint density at radius 1 is 1.13 bits per heavy atom. The third kappa shape index (κ3) is 2.86. The van der Waals surface area contributed by atoms with Crippen LogP contribution >= 0.6 is 0 Å². The first-order chi connectivity index (χ1) is 15.1. The lowest BCUT2D eigenvalue weighted by Gasteiger charge is -2.46. The Hall–Kier alpha value is -3.25. The summed E-state index contributed by atoms with van der Waals surface area (Å²) in [5.74, 6) is 0.124. The molecule has 0 spiro atoms. The van der Waals surface area contributed by atoms with Crippen molar-refractivity contribution in [1.29, 1.82) is 0 Å². The van der Waals surface area contributed by atoms with Crippen molar-refractivity contribution in [2.75, 3.05) is 0 Å². The highest BCUT2D eigenvalue weighted by molar-refractivity contribution is 6.00. The van der Waals surface area contributed by atoms with Crippen molar-refractivity contribution in [3.8, 4) is 0 Å². The van der Waals surface area contributed by atoms with Gasteiger partial charge >= 0.3 is 0 Å². The molecule has 31 heavy (non-hydrogen) atoms. The number of nitrogens with two attached hydrogens (primary N) is 1. The van der Waals surface area contributed by atoms with Crippen LogP contribution in [-0.2, 0) is 0 Å². The molecule has 3 fully saturated rings. The van der Waals surface area contributed by atoms with Crippen LogP contribution in [0.25, 0.3) is 16.5 Å². The molecule has 2 saturated heterocycles. The molecular weight excluding hydrogens is 386 g/mol. The molecule has 3 aromatic rings. The van der Waals surface area contributed by atoms with E-state index < -0.39 is 5.91 Å². The van der Waals surface area contributed by atoms with Crippen LogP contribution in [0.1, 0.15) is 59.0 Å². The largest absolute Gasteiger partial charge is 0.366 e. The van der Waals surface area contributed by atoms with Gasteiger partial charge in [-0.1, -0.05) is 6.07 Å². The molecule has 156 valence electrons. The molecule has 4 aliphatic rings. The maximum atomic E-state index is 11.9. The molecule has 6 heteroatoms. The third-order valence-corrected chi connectivity index (χ3v) is 7.06. The Morgan fingerprint density at radius 3 is 2.74 bits per heavy atom. The van der Waals surface area contributed by atoms with E-state index in [2.05, 4.69) is 33.6 Å². The van der Waals surface area contributed by atoms with Crippen LogP contribution < -0.4 is 11.2 Å². The average molecular weight is 412 g/mol. The predicted octanol–water partition coefficient (Wildman–Crippen LogP) is 3.88. The molecule has 6 nitrogen and oxygen atoms in total. The van der Waals surface area contributed by atoms with Crippen molar-refractivity contribution >= 4 is 22.4 Å². The number of fused-ring (bicyclic) bond motifs is 3. The van der Waals surface area contributed by atoms with Crippen molar-refractivity contribution < 1.29 is 4.79 Å². The van der Waals surface area contributed by atoms with E-state index in [0.717, 1.165) is 27.9 Å². The molecule has 2 aromatic heterocycles. The first kappa shape index (κ1) is 18.5. The van der Waals surface area contributed by atoms with Crippen molar-refractivity contribution in [3.63, 3.8) is 0 Å². The number of aryl methyl sites for hydroxylation is 1. The summed E-state index contributed by atoms with van der Waals surface area (Å²) >= 11 is 0. The van der Waals surface area contributed by atoms with Crippen LogP contribution in [0.5, 0.6) is 0 Å². The summed E-state index contributed by atoms with van der Waals surface area (Å²) < 4.78 is 0. The van der Waals surface area contributed by atoms with Gasteiger partial charge in [0.15, 0.2) is 0 Å². The Kier molecular flexibility index (Phi) is 4.11. The van der Waals surface area contributed by atoms with E-state index in [-0.39, 0.29) is 6.04 Å². The number of amides is 1. The highest BCUT2D eigenvalue weighted by Gasteiger charge is 2.46. The Balaban J connectivity index is 1.61. The highest BCUT2D eigenvalue weighted by Crippen LogP contribution is 2.51. The van der Waals surface area contributed by atoms with Gasteiger partial charge in [-0.3, -0.25) is 14.8 Å². The number of benzene rings is 1. The first-order valence-corrected chi connectivity index (χ1v) is 11.0. The number of allylic oxidation sites excluding steroid dienone is 1. The summed E-state index contributed by atoms with van der Waals surface area (Å²) in [7, 11) is 0. The summed E-state index contributed by atoms with van der Waals surface area (Å²) in [6.45, 7) is 2.03. The number of nitrogens with zero attached hydrogens (tertiary/aromatic N) is 3. The number of nitrogens with one attached hydrogen (secondary N) is 1. The zero-order valence-corrected chi connectivity index (χ0v) is 17.5. The van der Waals surface area contributed by atoms with Crippen molar-refractivity contribution in [3.05, 3.63) is 76.9 Å². The zero-order chi connectivity index (χ0) is 21.1. The smallest absolute Gasteiger partial charge is 0.248 e. The monoisotopic (exact) mass is 411 g/mol. The van der Waals surface area contributed by atoms with Gasteiger partial charge in [-0.05, 0) is 74.6 Å². The molecule has 1 aromatic carbocycles. The van der Waals surface area contributed by atoms with E-state index in [1.54, 1.807) is 6.07 Å². The van der Waals surface area contributed by atoms with E-state index in [1.807, 2.05) is 31.3 Å². The standard InChI is InChI=1S/C25H25N5O/c1-14-3-2-4-21(28-14)23-22(24-15-5-8-17(9-6-15)30(24)29-23)18-11-12-27-20-10-7-16(25(26)31)13-19(18)20/h2-4,7,10-13,15,17,23,29H,5-6,8-9H2,1H3,(H2,26,31). The van der Waals surface area contributed by atoms with Crippen molar-refractivity contribution in [1.82, 2.24) is 20.4 Å². The maximum absolute atomic E-state index is 11.9. The molecule has 2 bridgehead atoms. The van der Waals surface area contributed by atoms with Gasteiger partial charge in [0, 0.05) is 46.1 Å². The highest BCUT2D eigenvalue weighted by atomic mass is 16.1. The SMILES string of the molecule is Cc1cccc(C2NN3C(=C2c2ccnc4ccc(C(N)=O)cc24)C2CCC3CC2)n1. The van der Waals surface area contributed by atoms with Crippen LogP contribution in [0.4, 0.5) is 0 Å². The van der Waals surface area contributed by atoms with Gasteiger partial charge < -0.3 is 10.7 Å². The lowest BCUT2D eigenvalue weighted by atomic mass is 9.76. The van der Waals surface area contributed by atoms with Gasteiger partial charge in [-0.2, -0.15) is 0 Å². The van der Waals surface area contributed by atoms with E-state index in [1.165, 1.54) is 37.0 Å². The molecule has 3 N–H and O–H groups in total. The number of carbonyl (C=O) groups excluding carboxylic acids is 1. The van der Waals surface area contributed by atoms with Gasteiger partial charge in [0.2, 0.25) is 5.91 Å². The summed E-state index contributed by atoms with van der Waals surface area (Å²) in [4.78, 5) is 21.3. The van der Waals surface area contributed by atoms with Crippen LogP contribution in [0.15, 0.2) is 54.4 Å².